The Bertz CT molecular complexity index is 517. The molecule has 19 heavy (non-hydrogen) atoms. The minimum atomic E-state index is -1.07. The van der Waals surface area contributed by atoms with Gasteiger partial charge in [-0.15, -0.1) is 0 Å². The molecule has 5 nitrogen and oxygen atoms in total. The van der Waals surface area contributed by atoms with Crippen LogP contribution in [0.5, 0.6) is 0 Å². The Labute approximate surface area is 119 Å². The lowest BCUT2D eigenvalue weighted by atomic mass is 10.0. The van der Waals surface area contributed by atoms with E-state index < -0.39 is 5.97 Å². The van der Waals surface area contributed by atoms with Gasteiger partial charge in [0.1, 0.15) is 0 Å². The molecule has 1 aromatic carbocycles. The lowest BCUT2D eigenvalue weighted by molar-refractivity contribution is -0.119. The smallest absolute Gasteiger partial charge is 0.337 e. The van der Waals surface area contributed by atoms with E-state index in [0.717, 1.165) is 0 Å². The fraction of sp³-hybridized carbons (Fsp3) is 0.385. The molecular formula is C13H14BrNO4. The Hall–Kier alpha value is -1.40. The summed E-state index contributed by atoms with van der Waals surface area (Å²) >= 11 is 3.26. The minimum Gasteiger partial charge on any atom is -0.478 e. The molecule has 1 aromatic rings. The Balaban J connectivity index is 2.16. The zero-order valence-corrected chi connectivity index (χ0v) is 11.9. The van der Waals surface area contributed by atoms with Crippen LogP contribution in [0.3, 0.4) is 0 Å². The van der Waals surface area contributed by atoms with Gasteiger partial charge in [0.25, 0.3) is 0 Å². The summed E-state index contributed by atoms with van der Waals surface area (Å²) in [4.78, 5) is 23.1. The molecule has 0 radical (unpaired) electrons. The molecule has 1 aliphatic rings. The molecular weight excluding hydrogens is 314 g/mol. The number of ether oxygens (including phenoxy) is 1. The highest BCUT2D eigenvalue weighted by Gasteiger charge is 2.28. The van der Waals surface area contributed by atoms with Crippen LogP contribution in [0.1, 0.15) is 23.7 Å². The van der Waals surface area contributed by atoms with E-state index in [0.29, 0.717) is 23.2 Å². The van der Waals surface area contributed by atoms with E-state index in [4.69, 9.17) is 9.84 Å². The molecule has 0 aromatic heterocycles. The van der Waals surface area contributed by atoms with Crippen molar-refractivity contribution in [1.82, 2.24) is 0 Å². The van der Waals surface area contributed by atoms with Crippen LogP contribution in [0.15, 0.2) is 22.7 Å². The van der Waals surface area contributed by atoms with E-state index in [1.807, 2.05) is 6.92 Å². The van der Waals surface area contributed by atoms with Crippen LogP contribution < -0.4 is 5.32 Å². The number of carboxylic acid groups (broad SMARTS) is 1. The van der Waals surface area contributed by atoms with Crippen molar-refractivity contribution in [3.63, 3.8) is 0 Å². The van der Waals surface area contributed by atoms with Crippen molar-refractivity contribution >= 4 is 33.5 Å². The molecule has 2 unspecified atom stereocenters. The summed E-state index contributed by atoms with van der Waals surface area (Å²) in [6.07, 6.45) is 0.722. The average Bonchev–Trinajstić information content (AvgIpc) is 2.75. The Morgan fingerprint density at radius 3 is 2.79 bits per heavy atom. The molecule has 1 heterocycles. The Morgan fingerprint density at radius 1 is 1.47 bits per heavy atom. The molecule has 1 fully saturated rings. The number of hydrogen-bond donors (Lipinski definition) is 2. The highest BCUT2D eigenvalue weighted by Crippen LogP contribution is 2.25. The van der Waals surface area contributed by atoms with Gasteiger partial charge in [0.05, 0.1) is 29.9 Å². The van der Waals surface area contributed by atoms with Gasteiger partial charge in [0.15, 0.2) is 0 Å². The fourth-order valence-corrected chi connectivity index (χ4v) is 2.40. The Kier molecular flexibility index (Phi) is 4.21. The molecule has 1 saturated heterocycles. The van der Waals surface area contributed by atoms with Crippen molar-refractivity contribution < 1.29 is 19.4 Å². The third-order valence-electron chi connectivity index (χ3n) is 3.04. The monoisotopic (exact) mass is 327 g/mol. The number of nitrogens with one attached hydrogen (secondary N) is 1. The van der Waals surface area contributed by atoms with Gasteiger partial charge in [0.2, 0.25) is 5.91 Å². The first-order valence-electron chi connectivity index (χ1n) is 5.92. The first-order valence-corrected chi connectivity index (χ1v) is 6.72. The maximum Gasteiger partial charge on any atom is 0.337 e. The zero-order chi connectivity index (χ0) is 14.0. The van der Waals surface area contributed by atoms with Gasteiger partial charge in [-0.05, 0) is 31.5 Å². The molecule has 2 atom stereocenters. The maximum absolute atomic E-state index is 12.0. The van der Waals surface area contributed by atoms with Crippen LogP contribution in [-0.2, 0) is 9.53 Å². The van der Waals surface area contributed by atoms with Crippen molar-refractivity contribution in [3.8, 4) is 0 Å². The van der Waals surface area contributed by atoms with E-state index in [1.165, 1.54) is 6.07 Å². The summed E-state index contributed by atoms with van der Waals surface area (Å²) in [6.45, 7) is 2.29. The SMILES string of the molecule is CC1CC(C(=O)Nc2cc(Br)ccc2C(=O)O)CO1. The molecule has 0 saturated carbocycles. The van der Waals surface area contributed by atoms with Crippen LogP contribution >= 0.6 is 15.9 Å². The van der Waals surface area contributed by atoms with E-state index >= 15 is 0 Å². The fourth-order valence-electron chi connectivity index (χ4n) is 2.04. The molecule has 6 heteroatoms. The number of anilines is 1. The number of hydrogen-bond acceptors (Lipinski definition) is 3. The maximum atomic E-state index is 12.0. The first-order chi connectivity index (χ1) is 8.97. The standard InChI is InChI=1S/C13H14BrNO4/c1-7-4-8(6-19-7)12(16)15-11-5-9(14)2-3-10(11)13(17)18/h2-3,5,7-8H,4,6H2,1H3,(H,15,16)(H,17,18). The lowest BCUT2D eigenvalue weighted by Gasteiger charge is -2.12. The number of halogens is 1. The summed E-state index contributed by atoms with van der Waals surface area (Å²) < 4.78 is 6.05. The van der Waals surface area contributed by atoms with Gasteiger partial charge >= 0.3 is 5.97 Å². The molecule has 2 rings (SSSR count). The van der Waals surface area contributed by atoms with Crippen LogP contribution in [0.25, 0.3) is 0 Å². The van der Waals surface area contributed by atoms with E-state index in [9.17, 15) is 9.59 Å². The molecule has 102 valence electrons. The van der Waals surface area contributed by atoms with Crippen LogP contribution in [-0.4, -0.2) is 29.7 Å². The summed E-state index contributed by atoms with van der Waals surface area (Å²) in [7, 11) is 0. The van der Waals surface area contributed by atoms with Crippen LogP contribution in [0, 0.1) is 5.92 Å². The van der Waals surface area contributed by atoms with Crippen LogP contribution in [0.4, 0.5) is 5.69 Å². The quantitative estimate of drug-likeness (QED) is 0.894. The van der Waals surface area contributed by atoms with E-state index in [1.54, 1.807) is 12.1 Å². The third-order valence-corrected chi connectivity index (χ3v) is 3.53. The largest absolute Gasteiger partial charge is 0.478 e. The molecule has 0 aliphatic carbocycles. The number of carbonyl (C=O) groups is 2. The van der Waals surface area contributed by atoms with Crippen molar-refractivity contribution in [2.45, 2.75) is 19.4 Å². The normalized spacial score (nSPS) is 22.2. The molecule has 1 aliphatic heterocycles. The summed E-state index contributed by atoms with van der Waals surface area (Å²) in [5, 5.41) is 11.8. The molecule has 1 amide bonds. The number of aromatic carboxylic acids is 1. The van der Waals surface area contributed by atoms with E-state index in [-0.39, 0.29) is 23.5 Å². The second kappa shape index (κ2) is 5.71. The number of carbonyl (C=O) groups excluding carboxylic acids is 1. The second-order valence-electron chi connectivity index (χ2n) is 4.56. The van der Waals surface area contributed by atoms with Crippen molar-refractivity contribution in [2.24, 2.45) is 5.92 Å². The van der Waals surface area contributed by atoms with Crippen molar-refractivity contribution in [1.29, 1.82) is 0 Å². The summed E-state index contributed by atoms with van der Waals surface area (Å²) in [5.41, 5.74) is 0.370. The van der Waals surface area contributed by atoms with Crippen molar-refractivity contribution in [2.75, 3.05) is 11.9 Å². The highest BCUT2D eigenvalue weighted by atomic mass is 79.9. The van der Waals surface area contributed by atoms with Gasteiger partial charge in [0, 0.05) is 4.47 Å². The lowest BCUT2D eigenvalue weighted by Crippen LogP contribution is -2.24. The van der Waals surface area contributed by atoms with Gasteiger partial charge in [-0.3, -0.25) is 4.79 Å². The zero-order valence-electron chi connectivity index (χ0n) is 10.4. The molecule has 0 spiro atoms. The van der Waals surface area contributed by atoms with Crippen molar-refractivity contribution in [3.05, 3.63) is 28.2 Å². The number of rotatable bonds is 3. The van der Waals surface area contributed by atoms with Gasteiger partial charge in [-0.2, -0.15) is 0 Å². The first kappa shape index (κ1) is 14.0. The predicted octanol–water partition coefficient (Wildman–Crippen LogP) is 2.51. The summed E-state index contributed by atoms with van der Waals surface area (Å²) in [5.74, 6) is -1.50. The number of amides is 1. The third kappa shape index (κ3) is 3.33. The average molecular weight is 328 g/mol. The highest BCUT2D eigenvalue weighted by molar-refractivity contribution is 9.10. The molecule has 2 N–H and O–H groups in total. The van der Waals surface area contributed by atoms with E-state index in [2.05, 4.69) is 21.2 Å². The molecule has 0 bridgehead atoms. The topological polar surface area (TPSA) is 75.6 Å². The summed E-state index contributed by atoms with van der Waals surface area (Å²) in [6, 6.07) is 4.66. The Morgan fingerprint density at radius 2 is 2.21 bits per heavy atom. The predicted molar refractivity (Wildman–Crippen MR) is 73.3 cm³/mol. The van der Waals surface area contributed by atoms with Gasteiger partial charge in [-0.25, -0.2) is 4.79 Å². The van der Waals surface area contributed by atoms with Gasteiger partial charge < -0.3 is 15.2 Å². The second-order valence-corrected chi connectivity index (χ2v) is 5.48. The van der Waals surface area contributed by atoms with Crippen LogP contribution in [0.2, 0.25) is 0 Å². The number of benzene rings is 1. The van der Waals surface area contributed by atoms with Gasteiger partial charge in [-0.1, -0.05) is 15.9 Å². The minimum absolute atomic E-state index is 0.0669. The number of carboxylic acids is 1.